The van der Waals surface area contributed by atoms with Gasteiger partial charge >= 0.3 is 0 Å². The van der Waals surface area contributed by atoms with Gasteiger partial charge in [-0.3, -0.25) is 28.8 Å². The van der Waals surface area contributed by atoms with Crippen molar-refractivity contribution < 1.29 is 0 Å². The Balaban J connectivity index is 0.000000594. The van der Waals surface area contributed by atoms with Crippen molar-refractivity contribution >= 4 is 107 Å². The summed E-state index contributed by atoms with van der Waals surface area (Å²) in [5.74, 6) is 0. The lowest BCUT2D eigenvalue weighted by atomic mass is 9.82. The van der Waals surface area contributed by atoms with E-state index < -0.39 is 0 Å². The first-order chi connectivity index (χ1) is 45.4. The number of hydrogen-bond donors (Lipinski definition) is 8. The Hall–Kier alpha value is -4.44. The van der Waals surface area contributed by atoms with Crippen molar-refractivity contribution in [3.8, 4) is 0 Å². The second-order valence-electron chi connectivity index (χ2n) is 32.1. The predicted molar refractivity (Wildman–Crippen MR) is 444 cm³/mol. The molecule has 0 radical (unpaired) electrons. The number of nitrogens with one attached hydrogen (secondary N) is 6. The Bertz CT molecular complexity index is 3970. The molecule has 0 spiro atoms. The van der Waals surface area contributed by atoms with Crippen LogP contribution in [0.3, 0.4) is 0 Å². The molecule has 10 N–H and O–H groups in total. The average Bonchev–Trinajstić information content (AvgIpc) is 0.858. The molecule has 0 aliphatic carbocycles. The summed E-state index contributed by atoms with van der Waals surface area (Å²) in [4.78, 5) is 78.9. The maximum absolute atomic E-state index is 11.8. The molecule has 0 saturated carbocycles. The summed E-state index contributed by atoms with van der Waals surface area (Å²) in [5.41, 5.74) is 21.0. The summed E-state index contributed by atoms with van der Waals surface area (Å²) in [7, 11) is 14.1. The molecule has 0 atom stereocenters. The Morgan fingerprint density at radius 1 is 0.323 bits per heavy atom. The van der Waals surface area contributed by atoms with E-state index in [0.29, 0.717) is 40.2 Å². The normalized spacial score (nSPS) is 12.1. The molecule has 0 heterocycles. The van der Waals surface area contributed by atoms with Crippen LogP contribution in [-0.2, 0) is 32.5 Å². The van der Waals surface area contributed by atoms with E-state index in [4.69, 9.17) is 84.8 Å². The zero-order valence-corrected chi connectivity index (χ0v) is 70.2. The predicted octanol–water partition coefficient (Wildman–Crippen LogP) is 12.4. The minimum atomic E-state index is -0.134. The van der Waals surface area contributed by atoms with Crippen LogP contribution < -0.4 is 85.7 Å². The number of rotatable bonds is 29. The molecule has 6 aromatic carbocycles. The van der Waals surface area contributed by atoms with Crippen LogP contribution in [0.4, 0.5) is 34.1 Å². The quantitative estimate of drug-likeness (QED) is 0.0161. The highest BCUT2D eigenvalue weighted by Gasteiger charge is 2.34. The summed E-state index contributed by atoms with van der Waals surface area (Å²) >= 11 is 30.6. The van der Waals surface area contributed by atoms with Gasteiger partial charge in [0.15, 0.2) is 0 Å². The van der Waals surface area contributed by atoms with E-state index in [9.17, 15) is 28.8 Å². The number of anilines is 6. The van der Waals surface area contributed by atoms with Crippen LogP contribution in [0.25, 0.3) is 0 Å². The van der Waals surface area contributed by atoms with E-state index in [1.54, 1.807) is 0 Å². The van der Waals surface area contributed by atoms with Gasteiger partial charge < -0.3 is 63.0 Å². The summed E-state index contributed by atoms with van der Waals surface area (Å²) in [6, 6.07) is 0. The zero-order chi connectivity index (χ0) is 76.8. The minimum absolute atomic E-state index is 0.0211. The van der Waals surface area contributed by atoms with Gasteiger partial charge in [0.2, 0.25) is 32.6 Å². The van der Waals surface area contributed by atoms with E-state index in [1.807, 2.05) is 111 Å². The Morgan fingerprint density at radius 2 is 0.566 bits per heavy atom. The molecule has 0 unspecified atom stereocenters. The van der Waals surface area contributed by atoms with Crippen LogP contribution in [0.2, 0.25) is 0 Å². The minimum Gasteiger partial charge on any atom is -0.383 e. The van der Waals surface area contributed by atoms with Gasteiger partial charge in [-0.05, 0) is 152 Å². The molecule has 24 heteroatoms. The summed E-state index contributed by atoms with van der Waals surface area (Å²) in [5, 5.41) is 19.3. The van der Waals surface area contributed by atoms with Crippen LogP contribution >= 0.6 is 73.3 Å². The Morgan fingerprint density at radius 3 is 0.828 bits per heavy atom. The van der Waals surface area contributed by atoms with Gasteiger partial charge in [-0.15, -0.1) is 0 Å². The lowest BCUT2D eigenvalue weighted by Gasteiger charge is -2.30. The smallest absolute Gasteiger partial charge is 0.204 e. The van der Waals surface area contributed by atoms with Gasteiger partial charge in [-0.2, -0.15) is 0 Å². The summed E-state index contributed by atoms with van der Waals surface area (Å²) < 4.78 is 2.83. The van der Waals surface area contributed by atoms with Crippen LogP contribution in [0.15, 0.2) is 28.8 Å². The highest BCUT2D eigenvalue weighted by atomic mass is 32.1. The molecule has 558 valence electrons. The standard InChI is InChI=1S/C14H24N2OS.2C13H22N2OS.2C12H20N2OS.C11H18N2OS/c1-6-16(5)9-7-8-15-11-10(14(2,3)4)12(17)13(11)18;1-13(2,3)9-10(12(17)11(9)16)14-7-6-8-15(4)5;1-13(2,3)9-10(12(17)11(9)16)15(5)8-6-7-14-4;1-12(2,3)8-9(11(16)10(8)15)14(4)7-5-6-13;1-12(2,3)8-9(11(16)10(8)15)14-7-5-6-13-4;1-11(2,3)7-8(10(15)9(7)14)13-6-4-5-12/h15H,6-9H2,1-5H3;2*14H,6-8H2,1-5H3;5-7,13H2,1-4H3;13-14H,5-7H2,1-4H3;13H,4-6,12H2,1-3H3. The fourth-order valence-electron chi connectivity index (χ4n) is 11.2. The van der Waals surface area contributed by atoms with E-state index in [2.05, 4.69) is 121 Å². The van der Waals surface area contributed by atoms with Crippen molar-refractivity contribution in [2.75, 3.05) is 165 Å². The van der Waals surface area contributed by atoms with Crippen LogP contribution in [-0.4, -0.2) is 144 Å². The number of nitrogens with zero attached hydrogens (tertiary/aromatic N) is 4. The van der Waals surface area contributed by atoms with Gasteiger partial charge in [0.1, 0.15) is 27.1 Å². The van der Waals surface area contributed by atoms with Crippen molar-refractivity contribution in [3.63, 3.8) is 0 Å². The molecule has 0 fully saturated rings. The molecule has 0 amide bonds. The molecule has 0 aliphatic heterocycles. The molecule has 0 bridgehead atoms. The summed E-state index contributed by atoms with van der Waals surface area (Å²) in [6.07, 6.45) is 5.97. The van der Waals surface area contributed by atoms with Gasteiger partial charge in [0.05, 0.1) is 34.1 Å². The zero-order valence-electron chi connectivity index (χ0n) is 65.3. The largest absolute Gasteiger partial charge is 0.383 e. The van der Waals surface area contributed by atoms with Crippen LogP contribution in [0, 0.1) is 27.1 Å². The van der Waals surface area contributed by atoms with Gasteiger partial charge in [0.25, 0.3) is 0 Å². The lowest BCUT2D eigenvalue weighted by Crippen LogP contribution is -2.35. The first kappa shape index (κ1) is 92.6. The van der Waals surface area contributed by atoms with Gasteiger partial charge in [-0.1, -0.05) is 205 Å². The highest BCUT2D eigenvalue weighted by Crippen LogP contribution is 2.36. The number of hydrogen-bond acceptors (Lipinski definition) is 24. The number of nitrogens with two attached hydrogens (primary N) is 2. The molecule has 6 aromatic rings. The molecule has 99 heavy (non-hydrogen) atoms. The van der Waals surface area contributed by atoms with Crippen molar-refractivity contribution in [1.29, 1.82) is 0 Å². The first-order valence-corrected chi connectivity index (χ1v) is 37.3. The van der Waals surface area contributed by atoms with E-state index >= 15 is 0 Å². The van der Waals surface area contributed by atoms with Crippen LogP contribution in [0.1, 0.15) is 203 Å². The monoisotopic (exact) mass is 1480 g/mol. The third-order valence-corrected chi connectivity index (χ3v) is 18.8. The first-order valence-electron chi connectivity index (χ1n) is 34.9. The van der Waals surface area contributed by atoms with Gasteiger partial charge in [-0.25, -0.2) is 0 Å². The Labute approximate surface area is 624 Å². The maximum atomic E-state index is 11.8. The van der Waals surface area contributed by atoms with Crippen molar-refractivity contribution in [2.45, 2.75) is 203 Å². The topological polar surface area (TPSA) is 240 Å². The SMILES string of the molecule is CC(C)(C)c1c(NCCCN)c(=S)c1=O.CCN(C)CCCNc1c(C(C)(C)C)c(=O)c1=S.CN(C)CCCNc1c(C(C)(C)C)c(=O)c1=S.CN(CCCN)c1c(C(C)(C)C)c(=O)c1=S.CNCCCN(C)c1c(C(C)(C)C)c(=O)c1=S.CNCCCNc1c(C(C)(C)C)c(=O)c1=S. The fourth-order valence-corrected chi connectivity index (χ4v) is 13.0. The molecule has 18 nitrogen and oxygen atoms in total. The van der Waals surface area contributed by atoms with Gasteiger partial charge in [0, 0.05) is 86.7 Å². The Kier molecular flexibility index (Phi) is 37.9. The maximum Gasteiger partial charge on any atom is 0.204 e. The lowest BCUT2D eigenvalue weighted by molar-refractivity contribution is 0.351. The second-order valence-corrected chi connectivity index (χ2v) is 34.5. The van der Waals surface area contributed by atoms with Crippen LogP contribution in [0.5, 0.6) is 0 Å². The third-order valence-electron chi connectivity index (χ3n) is 16.5. The molecular weight excluding hydrogens is 1360 g/mol. The van der Waals surface area contributed by atoms with Crippen molar-refractivity contribution in [2.24, 2.45) is 11.5 Å². The third kappa shape index (κ3) is 26.6. The van der Waals surface area contributed by atoms with E-state index in [-0.39, 0.29) is 65.1 Å². The van der Waals surface area contributed by atoms with Crippen molar-refractivity contribution in [3.05, 3.63) is 122 Å². The molecular formula is C75H126N12O6S6. The molecule has 0 saturated heterocycles. The molecule has 6 rings (SSSR count). The second kappa shape index (κ2) is 40.6. The average molecular weight is 1480 g/mol. The fraction of sp³-hybridized carbons (Fsp3) is 0.680. The van der Waals surface area contributed by atoms with E-state index in [0.717, 1.165) is 178 Å². The summed E-state index contributed by atoms with van der Waals surface area (Å²) in [6.45, 7) is 50.4. The van der Waals surface area contributed by atoms with E-state index in [1.165, 1.54) is 0 Å². The molecule has 0 aromatic heterocycles. The highest BCUT2D eigenvalue weighted by molar-refractivity contribution is 7.72. The molecule has 0 aliphatic rings. The van der Waals surface area contributed by atoms with Crippen molar-refractivity contribution in [1.82, 2.24) is 20.4 Å².